The van der Waals surface area contributed by atoms with Crippen LogP contribution in [0.1, 0.15) is 5.69 Å². The highest BCUT2D eigenvalue weighted by Crippen LogP contribution is 2.09. The van der Waals surface area contributed by atoms with Gasteiger partial charge in [-0.05, 0) is 12.1 Å². The Labute approximate surface area is 95.6 Å². The summed E-state index contributed by atoms with van der Waals surface area (Å²) in [6.45, 7) is 0. The third-order valence-electron chi connectivity index (χ3n) is 2.10. The highest BCUT2D eigenvalue weighted by atomic mass is 16.4. The van der Waals surface area contributed by atoms with Crippen molar-refractivity contribution in [3.05, 3.63) is 42.2 Å². The Bertz CT molecular complexity index is 562. The summed E-state index contributed by atoms with van der Waals surface area (Å²) in [5.41, 5.74) is 0.215. The molecule has 7 heteroatoms. The lowest BCUT2D eigenvalue weighted by atomic mass is 10.2. The second kappa shape index (κ2) is 4.44. The van der Waals surface area contributed by atoms with Crippen LogP contribution in [0.15, 0.2) is 41.7 Å². The summed E-state index contributed by atoms with van der Waals surface area (Å²) in [5, 5.41) is 27.6. The van der Waals surface area contributed by atoms with Crippen LogP contribution in [-0.2, 0) is 4.79 Å². The number of para-hydroxylation sites is 1. The molecule has 0 bridgehead atoms. The van der Waals surface area contributed by atoms with E-state index in [4.69, 9.17) is 10.3 Å². The van der Waals surface area contributed by atoms with Crippen molar-refractivity contribution in [2.24, 2.45) is 5.16 Å². The molecule has 0 aliphatic carbocycles. The van der Waals surface area contributed by atoms with E-state index in [-0.39, 0.29) is 5.69 Å². The van der Waals surface area contributed by atoms with Gasteiger partial charge >= 0.3 is 5.97 Å². The van der Waals surface area contributed by atoms with Gasteiger partial charge in [0.2, 0.25) is 5.71 Å². The number of carboxylic acids is 1. The fourth-order valence-electron chi connectivity index (χ4n) is 1.36. The summed E-state index contributed by atoms with van der Waals surface area (Å²) in [7, 11) is 0. The van der Waals surface area contributed by atoms with Crippen molar-refractivity contribution in [1.29, 1.82) is 0 Å². The first-order valence-electron chi connectivity index (χ1n) is 4.66. The average Bonchev–Trinajstić information content (AvgIpc) is 2.80. The van der Waals surface area contributed by atoms with Gasteiger partial charge in [-0.2, -0.15) is 0 Å². The largest absolute Gasteiger partial charge is 0.476 e. The SMILES string of the molecule is O=C(O)/C(=N/O)c1cnnn1-c1ccccc1. The molecule has 17 heavy (non-hydrogen) atoms. The van der Waals surface area contributed by atoms with Crippen LogP contribution in [0.2, 0.25) is 0 Å². The highest BCUT2D eigenvalue weighted by molar-refractivity contribution is 6.41. The zero-order chi connectivity index (χ0) is 12.3. The van der Waals surface area contributed by atoms with Crippen molar-refractivity contribution in [2.45, 2.75) is 0 Å². The van der Waals surface area contributed by atoms with Gasteiger partial charge < -0.3 is 10.3 Å². The first kappa shape index (κ1) is 10.8. The molecule has 0 aliphatic rings. The molecule has 2 rings (SSSR count). The van der Waals surface area contributed by atoms with E-state index >= 15 is 0 Å². The second-order valence-electron chi connectivity index (χ2n) is 3.12. The predicted molar refractivity (Wildman–Crippen MR) is 57.3 cm³/mol. The molecule has 7 nitrogen and oxygen atoms in total. The molecule has 1 aromatic heterocycles. The summed E-state index contributed by atoms with van der Waals surface area (Å²) in [4.78, 5) is 10.9. The van der Waals surface area contributed by atoms with Crippen LogP contribution in [0.4, 0.5) is 0 Å². The van der Waals surface area contributed by atoms with E-state index in [1.807, 2.05) is 6.07 Å². The van der Waals surface area contributed by atoms with Gasteiger partial charge in [0.25, 0.3) is 0 Å². The molecule has 0 atom stereocenters. The topological polar surface area (TPSA) is 101 Å². The fourth-order valence-corrected chi connectivity index (χ4v) is 1.36. The van der Waals surface area contributed by atoms with Crippen molar-refractivity contribution in [3.63, 3.8) is 0 Å². The Hall–Kier alpha value is -2.70. The molecule has 0 fully saturated rings. The van der Waals surface area contributed by atoms with Crippen molar-refractivity contribution in [3.8, 4) is 5.69 Å². The lowest BCUT2D eigenvalue weighted by Gasteiger charge is -2.04. The van der Waals surface area contributed by atoms with E-state index in [0.29, 0.717) is 5.69 Å². The van der Waals surface area contributed by atoms with Crippen LogP contribution in [0.3, 0.4) is 0 Å². The van der Waals surface area contributed by atoms with Crippen LogP contribution in [0.25, 0.3) is 5.69 Å². The van der Waals surface area contributed by atoms with Crippen molar-refractivity contribution in [2.75, 3.05) is 0 Å². The van der Waals surface area contributed by atoms with E-state index in [0.717, 1.165) is 0 Å². The van der Waals surface area contributed by atoms with Crippen LogP contribution >= 0.6 is 0 Å². The molecule has 2 N–H and O–H groups in total. The maximum absolute atomic E-state index is 10.9. The first-order chi connectivity index (χ1) is 8.24. The van der Waals surface area contributed by atoms with E-state index in [9.17, 15) is 4.79 Å². The number of hydrogen-bond donors (Lipinski definition) is 2. The minimum atomic E-state index is -1.35. The summed E-state index contributed by atoms with van der Waals surface area (Å²) >= 11 is 0. The Kier molecular flexibility index (Phi) is 2.82. The number of carbonyl (C=O) groups is 1. The number of benzene rings is 1. The summed E-state index contributed by atoms with van der Waals surface area (Å²) in [6.07, 6.45) is 1.22. The predicted octanol–water partition coefficient (Wildman–Crippen LogP) is 0.530. The van der Waals surface area contributed by atoms with Gasteiger partial charge in [0.15, 0.2) is 0 Å². The molecule has 0 saturated carbocycles. The normalized spacial score (nSPS) is 11.4. The Morgan fingerprint density at radius 1 is 1.29 bits per heavy atom. The molecule has 0 saturated heterocycles. The summed E-state index contributed by atoms with van der Waals surface area (Å²) in [6, 6.07) is 8.83. The minimum absolute atomic E-state index is 0.103. The maximum Gasteiger partial charge on any atom is 0.360 e. The molecule has 0 unspecified atom stereocenters. The Morgan fingerprint density at radius 3 is 2.59 bits per heavy atom. The van der Waals surface area contributed by atoms with E-state index in [2.05, 4.69) is 15.5 Å². The van der Waals surface area contributed by atoms with E-state index in [1.54, 1.807) is 24.3 Å². The lowest BCUT2D eigenvalue weighted by Crippen LogP contribution is -2.18. The highest BCUT2D eigenvalue weighted by Gasteiger charge is 2.19. The number of aliphatic carboxylic acids is 1. The zero-order valence-corrected chi connectivity index (χ0v) is 8.56. The number of hydrogen-bond acceptors (Lipinski definition) is 5. The zero-order valence-electron chi connectivity index (χ0n) is 8.56. The van der Waals surface area contributed by atoms with Crippen LogP contribution < -0.4 is 0 Å². The summed E-state index contributed by atoms with van der Waals surface area (Å²) < 4.78 is 1.28. The molecule has 0 aliphatic heterocycles. The number of nitrogens with zero attached hydrogens (tertiary/aromatic N) is 4. The molecule has 86 valence electrons. The number of rotatable bonds is 3. The van der Waals surface area contributed by atoms with Crippen LogP contribution in [0, 0.1) is 0 Å². The average molecular weight is 232 g/mol. The lowest BCUT2D eigenvalue weighted by molar-refractivity contribution is -0.129. The monoisotopic (exact) mass is 232 g/mol. The molecule has 1 aromatic carbocycles. The smallest absolute Gasteiger partial charge is 0.360 e. The fraction of sp³-hybridized carbons (Fsp3) is 0. The number of carboxylic acid groups (broad SMARTS) is 1. The third kappa shape index (κ3) is 1.98. The Balaban J connectivity index is 2.53. The van der Waals surface area contributed by atoms with Gasteiger partial charge in [0.1, 0.15) is 5.69 Å². The first-order valence-corrected chi connectivity index (χ1v) is 4.66. The minimum Gasteiger partial charge on any atom is -0.476 e. The molecular weight excluding hydrogens is 224 g/mol. The van der Waals surface area contributed by atoms with Crippen molar-refractivity contribution < 1.29 is 15.1 Å². The molecule has 0 spiro atoms. The van der Waals surface area contributed by atoms with Crippen molar-refractivity contribution in [1.82, 2.24) is 15.0 Å². The molecule has 1 heterocycles. The van der Waals surface area contributed by atoms with Gasteiger partial charge in [-0.25, -0.2) is 9.48 Å². The van der Waals surface area contributed by atoms with E-state index in [1.165, 1.54) is 10.9 Å². The van der Waals surface area contributed by atoms with Crippen LogP contribution in [0.5, 0.6) is 0 Å². The van der Waals surface area contributed by atoms with Gasteiger partial charge in [0, 0.05) is 0 Å². The molecule has 2 aromatic rings. The van der Waals surface area contributed by atoms with Gasteiger partial charge in [-0.1, -0.05) is 28.6 Å². The molecule has 0 radical (unpaired) electrons. The number of oxime groups is 1. The van der Waals surface area contributed by atoms with Crippen LogP contribution in [-0.4, -0.2) is 37.0 Å². The second-order valence-corrected chi connectivity index (χ2v) is 3.12. The molecular formula is C10H8N4O3. The van der Waals surface area contributed by atoms with Crippen molar-refractivity contribution >= 4 is 11.7 Å². The quantitative estimate of drug-likeness (QED) is 0.456. The van der Waals surface area contributed by atoms with Gasteiger partial charge in [-0.15, -0.1) is 5.10 Å². The number of aromatic nitrogens is 3. The van der Waals surface area contributed by atoms with Gasteiger partial charge in [0.05, 0.1) is 11.9 Å². The Morgan fingerprint density at radius 2 is 2.00 bits per heavy atom. The van der Waals surface area contributed by atoms with Gasteiger partial charge in [-0.3, -0.25) is 0 Å². The standard InChI is InChI=1S/C10H8N4O3/c15-10(16)9(12-17)8-6-11-13-14(8)7-4-2-1-3-5-7/h1-6,17H,(H,15,16)/b12-9+. The maximum atomic E-state index is 10.9. The van der Waals surface area contributed by atoms with E-state index < -0.39 is 11.7 Å². The third-order valence-corrected chi connectivity index (χ3v) is 2.10. The molecule has 0 amide bonds. The summed E-state index contributed by atoms with van der Waals surface area (Å²) in [5.74, 6) is -1.35.